The maximum Gasteiger partial charge on any atom is 0.313 e. The highest BCUT2D eigenvalue weighted by atomic mass is 32.2. The second-order valence-corrected chi connectivity index (χ2v) is 4.73. The number of thioether (sulfide) groups is 1. The van der Waals surface area contributed by atoms with E-state index in [9.17, 15) is 4.79 Å². The molecule has 1 aromatic heterocycles. The van der Waals surface area contributed by atoms with E-state index >= 15 is 0 Å². The van der Waals surface area contributed by atoms with Gasteiger partial charge in [0.05, 0.1) is 5.75 Å². The van der Waals surface area contributed by atoms with Crippen molar-refractivity contribution in [1.82, 2.24) is 9.97 Å². The molecule has 5 heteroatoms. The Labute approximate surface area is 99.5 Å². The number of rotatable bonds is 5. The minimum absolute atomic E-state index is 0.0394. The fourth-order valence-corrected chi connectivity index (χ4v) is 1.80. The molecule has 16 heavy (non-hydrogen) atoms. The van der Waals surface area contributed by atoms with Crippen molar-refractivity contribution in [2.45, 2.75) is 38.1 Å². The number of aromatic nitrogens is 2. The molecule has 1 N–H and O–H groups in total. The number of nitrogens with zero attached hydrogens (tertiary/aromatic N) is 2. The van der Waals surface area contributed by atoms with E-state index < -0.39 is 5.97 Å². The predicted molar refractivity (Wildman–Crippen MR) is 63.9 cm³/mol. The number of carboxylic acids is 1. The largest absolute Gasteiger partial charge is 0.481 e. The van der Waals surface area contributed by atoms with Crippen molar-refractivity contribution in [3.05, 3.63) is 17.6 Å². The average molecular weight is 240 g/mol. The van der Waals surface area contributed by atoms with Crippen molar-refractivity contribution in [2.75, 3.05) is 5.75 Å². The molecule has 0 unspecified atom stereocenters. The Balaban J connectivity index is 2.90. The zero-order valence-electron chi connectivity index (χ0n) is 9.73. The molecule has 0 atom stereocenters. The summed E-state index contributed by atoms with van der Waals surface area (Å²) in [4.78, 5) is 19.2. The summed E-state index contributed by atoms with van der Waals surface area (Å²) in [5.41, 5.74) is 0.972. The number of hydrogen-bond donors (Lipinski definition) is 1. The Morgan fingerprint density at radius 2 is 2.19 bits per heavy atom. The van der Waals surface area contributed by atoms with Crippen molar-refractivity contribution in [1.29, 1.82) is 0 Å². The van der Waals surface area contributed by atoms with Gasteiger partial charge in [0.1, 0.15) is 10.9 Å². The lowest BCUT2D eigenvalue weighted by atomic mass is 10.1. The second kappa shape index (κ2) is 5.84. The van der Waals surface area contributed by atoms with E-state index in [1.165, 1.54) is 11.8 Å². The van der Waals surface area contributed by atoms with E-state index in [-0.39, 0.29) is 5.75 Å². The van der Waals surface area contributed by atoms with Crippen molar-refractivity contribution in [2.24, 2.45) is 0 Å². The Morgan fingerprint density at radius 3 is 2.69 bits per heavy atom. The Morgan fingerprint density at radius 1 is 1.50 bits per heavy atom. The lowest BCUT2D eigenvalue weighted by molar-refractivity contribution is -0.133. The molecule has 0 aliphatic rings. The highest BCUT2D eigenvalue weighted by Crippen LogP contribution is 2.20. The van der Waals surface area contributed by atoms with Crippen LogP contribution in [0.4, 0.5) is 0 Å². The third-order valence-corrected chi connectivity index (χ3v) is 2.92. The summed E-state index contributed by atoms with van der Waals surface area (Å²) in [6.45, 7) is 6.12. The maximum atomic E-state index is 10.5. The van der Waals surface area contributed by atoms with E-state index in [4.69, 9.17) is 5.11 Å². The molecular formula is C11H16N2O2S. The highest BCUT2D eigenvalue weighted by molar-refractivity contribution is 7.99. The summed E-state index contributed by atoms with van der Waals surface area (Å²) >= 11 is 1.24. The van der Waals surface area contributed by atoms with Crippen LogP contribution in [0.1, 0.15) is 38.2 Å². The molecule has 1 rings (SSSR count). The first-order valence-corrected chi connectivity index (χ1v) is 6.24. The number of aryl methyl sites for hydroxylation is 1. The van der Waals surface area contributed by atoms with E-state index in [1.807, 2.05) is 13.0 Å². The third kappa shape index (κ3) is 3.81. The van der Waals surface area contributed by atoms with Gasteiger partial charge in [-0.05, 0) is 12.0 Å². The monoisotopic (exact) mass is 240 g/mol. The summed E-state index contributed by atoms with van der Waals surface area (Å²) in [5.74, 6) is 0.321. The van der Waals surface area contributed by atoms with Gasteiger partial charge in [0.2, 0.25) is 0 Å². The average Bonchev–Trinajstić information content (AvgIpc) is 2.25. The fourth-order valence-electron chi connectivity index (χ4n) is 1.16. The van der Waals surface area contributed by atoms with E-state index in [0.717, 1.165) is 23.0 Å². The SMILES string of the molecule is CCc1nc(SCC(=O)O)cc(C(C)C)n1. The second-order valence-electron chi connectivity index (χ2n) is 3.74. The minimum Gasteiger partial charge on any atom is -0.481 e. The quantitative estimate of drug-likeness (QED) is 0.632. The Kier molecular flexibility index (Phi) is 4.73. The normalized spacial score (nSPS) is 10.8. The molecule has 0 amide bonds. The number of hydrogen-bond acceptors (Lipinski definition) is 4. The van der Waals surface area contributed by atoms with Crippen molar-refractivity contribution < 1.29 is 9.90 Å². The smallest absolute Gasteiger partial charge is 0.313 e. The molecule has 0 aliphatic carbocycles. The third-order valence-electron chi connectivity index (χ3n) is 2.02. The summed E-state index contributed by atoms with van der Waals surface area (Å²) in [5, 5.41) is 9.36. The van der Waals surface area contributed by atoms with Crippen LogP contribution in [0.25, 0.3) is 0 Å². The molecule has 88 valence electrons. The highest BCUT2D eigenvalue weighted by Gasteiger charge is 2.08. The fraction of sp³-hybridized carbons (Fsp3) is 0.545. The lowest BCUT2D eigenvalue weighted by Gasteiger charge is -2.08. The van der Waals surface area contributed by atoms with E-state index in [0.29, 0.717) is 5.92 Å². The number of carboxylic acid groups (broad SMARTS) is 1. The number of carbonyl (C=O) groups is 1. The predicted octanol–water partition coefficient (Wildman–Crippen LogP) is 2.34. The van der Waals surface area contributed by atoms with Gasteiger partial charge in [-0.1, -0.05) is 32.5 Å². The molecule has 0 spiro atoms. The molecule has 4 nitrogen and oxygen atoms in total. The van der Waals surface area contributed by atoms with Gasteiger partial charge in [0.25, 0.3) is 0 Å². The van der Waals surface area contributed by atoms with Crippen LogP contribution in [0, 0.1) is 0 Å². The van der Waals surface area contributed by atoms with Crippen LogP contribution >= 0.6 is 11.8 Å². The first-order chi connectivity index (χ1) is 7.52. The summed E-state index contributed by atoms with van der Waals surface area (Å²) in [6.07, 6.45) is 0.765. The van der Waals surface area contributed by atoms with Crippen LogP contribution < -0.4 is 0 Å². The standard InChI is InChI=1S/C11H16N2O2S/c1-4-9-12-8(7(2)3)5-10(13-9)16-6-11(14)15/h5,7H,4,6H2,1-3H3,(H,14,15). The molecule has 0 saturated heterocycles. The van der Waals surface area contributed by atoms with Crippen LogP contribution in [-0.2, 0) is 11.2 Å². The topological polar surface area (TPSA) is 63.1 Å². The Hall–Kier alpha value is -1.10. The van der Waals surface area contributed by atoms with Gasteiger partial charge < -0.3 is 5.11 Å². The van der Waals surface area contributed by atoms with Gasteiger partial charge >= 0.3 is 5.97 Å². The minimum atomic E-state index is -0.826. The first kappa shape index (κ1) is 13.0. The van der Waals surface area contributed by atoms with Gasteiger partial charge in [-0.15, -0.1) is 0 Å². The van der Waals surface area contributed by atoms with Crippen molar-refractivity contribution in [3.63, 3.8) is 0 Å². The van der Waals surface area contributed by atoms with Gasteiger partial charge in [0, 0.05) is 12.1 Å². The van der Waals surface area contributed by atoms with Crippen LogP contribution in [-0.4, -0.2) is 26.8 Å². The lowest BCUT2D eigenvalue weighted by Crippen LogP contribution is -2.03. The van der Waals surface area contributed by atoms with Crippen molar-refractivity contribution in [3.8, 4) is 0 Å². The Bertz CT molecular complexity index is 380. The van der Waals surface area contributed by atoms with Gasteiger partial charge in [-0.3, -0.25) is 4.79 Å². The molecular weight excluding hydrogens is 224 g/mol. The van der Waals surface area contributed by atoms with Gasteiger partial charge in [0.15, 0.2) is 0 Å². The maximum absolute atomic E-state index is 10.5. The molecule has 1 aromatic rings. The van der Waals surface area contributed by atoms with Crippen LogP contribution in [0.3, 0.4) is 0 Å². The molecule has 0 fully saturated rings. The summed E-state index contributed by atoms with van der Waals surface area (Å²) in [6, 6.07) is 1.87. The van der Waals surface area contributed by atoms with Crippen LogP contribution in [0.2, 0.25) is 0 Å². The molecule has 0 aromatic carbocycles. The molecule has 0 aliphatic heterocycles. The number of aliphatic carboxylic acids is 1. The van der Waals surface area contributed by atoms with Gasteiger partial charge in [-0.25, -0.2) is 9.97 Å². The molecule has 0 radical (unpaired) electrons. The van der Waals surface area contributed by atoms with Crippen LogP contribution in [0.15, 0.2) is 11.1 Å². The zero-order valence-corrected chi connectivity index (χ0v) is 10.5. The van der Waals surface area contributed by atoms with Crippen molar-refractivity contribution >= 4 is 17.7 Å². The summed E-state index contributed by atoms with van der Waals surface area (Å²) < 4.78 is 0. The van der Waals surface area contributed by atoms with E-state index in [2.05, 4.69) is 23.8 Å². The first-order valence-electron chi connectivity index (χ1n) is 5.25. The molecule has 0 bridgehead atoms. The summed E-state index contributed by atoms with van der Waals surface area (Å²) in [7, 11) is 0. The molecule has 1 heterocycles. The van der Waals surface area contributed by atoms with Gasteiger partial charge in [-0.2, -0.15) is 0 Å². The zero-order chi connectivity index (χ0) is 12.1. The van der Waals surface area contributed by atoms with E-state index in [1.54, 1.807) is 0 Å². The van der Waals surface area contributed by atoms with Crippen LogP contribution in [0.5, 0.6) is 0 Å². The molecule has 0 saturated carbocycles.